The molecular weight excluding hydrogens is 449 g/mol. The Kier molecular flexibility index (Phi) is 7.11. The van der Waals surface area contributed by atoms with Gasteiger partial charge < -0.3 is 25.1 Å². The maximum Gasteiger partial charge on any atom is 0.416 e. The molecular formula is C23H29F3N6O2. The van der Waals surface area contributed by atoms with Gasteiger partial charge in [0.05, 0.1) is 17.9 Å². The molecule has 4 rings (SSSR count). The number of urea groups is 1. The number of aromatic nitrogens is 2. The maximum absolute atomic E-state index is 13.5. The van der Waals surface area contributed by atoms with Gasteiger partial charge in [0.2, 0.25) is 0 Å². The topological polar surface area (TPSA) is 84.8 Å². The van der Waals surface area contributed by atoms with Crippen molar-refractivity contribution >= 4 is 23.2 Å². The highest BCUT2D eigenvalue weighted by Gasteiger charge is 2.33. The number of hydrogen-bond acceptors (Lipinski definition) is 6. The van der Waals surface area contributed by atoms with Gasteiger partial charge in [-0.3, -0.25) is 4.98 Å². The minimum Gasteiger partial charge on any atom is -0.393 e. The third-order valence-corrected chi connectivity index (χ3v) is 6.53. The number of alkyl halides is 3. The fraction of sp³-hybridized carbons (Fsp3) is 0.522. The number of carbonyl (C=O) groups excluding carboxylic acids is 1. The third kappa shape index (κ3) is 5.69. The Balaban J connectivity index is 1.43. The van der Waals surface area contributed by atoms with E-state index < -0.39 is 23.9 Å². The van der Waals surface area contributed by atoms with Gasteiger partial charge in [-0.2, -0.15) is 13.2 Å². The van der Waals surface area contributed by atoms with Crippen LogP contribution in [-0.4, -0.2) is 71.4 Å². The Morgan fingerprint density at radius 3 is 2.35 bits per heavy atom. The van der Waals surface area contributed by atoms with Crippen molar-refractivity contribution in [2.75, 3.05) is 48.3 Å². The van der Waals surface area contributed by atoms with Crippen molar-refractivity contribution in [3.8, 4) is 0 Å². The molecule has 2 aromatic rings. The number of hydrogen-bond donors (Lipinski definition) is 2. The molecule has 34 heavy (non-hydrogen) atoms. The van der Waals surface area contributed by atoms with E-state index in [1.807, 2.05) is 4.90 Å². The molecule has 1 aromatic heterocycles. The number of aliphatic hydroxyl groups is 1. The lowest BCUT2D eigenvalue weighted by Gasteiger charge is -2.37. The molecule has 2 fully saturated rings. The molecule has 2 saturated heterocycles. The summed E-state index contributed by atoms with van der Waals surface area (Å²) < 4.78 is 40.6. The molecule has 2 N–H and O–H groups in total. The number of piperidine rings is 2. The standard InChI is InChI=1S/C23H29F3N6O2/c1-30(18-2-8-32(9-3-18)21-15-27-6-7-28-21)22(34)29-17-12-16(23(24,25)26)13-19(14-17)31-10-4-20(33)5-11-31/h6-7,12-15,18,20,33H,2-5,8-11H2,1H3,(H,29,34). The van der Waals surface area contributed by atoms with Gasteiger partial charge in [-0.25, -0.2) is 9.78 Å². The van der Waals surface area contributed by atoms with Crippen molar-refractivity contribution in [1.29, 1.82) is 0 Å². The van der Waals surface area contributed by atoms with Gasteiger partial charge in [-0.05, 0) is 43.9 Å². The summed E-state index contributed by atoms with van der Waals surface area (Å²) in [6, 6.07) is 3.14. The van der Waals surface area contributed by atoms with Crippen LogP contribution in [0.2, 0.25) is 0 Å². The summed E-state index contributed by atoms with van der Waals surface area (Å²) in [6.07, 6.45) is 2.39. The number of benzene rings is 1. The fourth-order valence-corrected chi connectivity index (χ4v) is 4.47. The van der Waals surface area contributed by atoms with Crippen molar-refractivity contribution in [3.05, 3.63) is 42.4 Å². The van der Waals surface area contributed by atoms with E-state index in [2.05, 4.69) is 20.2 Å². The highest BCUT2D eigenvalue weighted by atomic mass is 19.4. The van der Waals surface area contributed by atoms with Crippen molar-refractivity contribution < 1.29 is 23.1 Å². The second-order valence-electron chi connectivity index (χ2n) is 8.81. The van der Waals surface area contributed by atoms with Gasteiger partial charge >= 0.3 is 12.2 Å². The number of nitrogens with zero attached hydrogens (tertiary/aromatic N) is 5. The Morgan fingerprint density at radius 2 is 1.74 bits per heavy atom. The fourth-order valence-electron chi connectivity index (χ4n) is 4.47. The molecule has 0 aliphatic carbocycles. The van der Waals surface area contributed by atoms with E-state index in [4.69, 9.17) is 0 Å². The van der Waals surface area contributed by atoms with Crippen LogP contribution in [0, 0.1) is 0 Å². The minimum atomic E-state index is -4.54. The van der Waals surface area contributed by atoms with Gasteiger partial charge in [0.25, 0.3) is 0 Å². The zero-order valence-corrected chi connectivity index (χ0v) is 19.0. The van der Waals surface area contributed by atoms with Crippen LogP contribution in [0.15, 0.2) is 36.8 Å². The van der Waals surface area contributed by atoms with E-state index >= 15 is 0 Å². The molecule has 3 heterocycles. The molecule has 2 aliphatic heterocycles. The predicted molar refractivity (Wildman–Crippen MR) is 123 cm³/mol. The van der Waals surface area contributed by atoms with E-state index in [0.717, 1.165) is 18.0 Å². The van der Waals surface area contributed by atoms with Gasteiger partial charge in [0.15, 0.2) is 0 Å². The van der Waals surface area contributed by atoms with Crippen molar-refractivity contribution in [3.63, 3.8) is 0 Å². The van der Waals surface area contributed by atoms with Crippen LogP contribution >= 0.6 is 0 Å². The highest BCUT2D eigenvalue weighted by molar-refractivity contribution is 5.90. The quantitative estimate of drug-likeness (QED) is 0.699. The molecule has 184 valence electrons. The second-order valence-corrected chi connectivity index (χ2v) is 8.81. The average Bonchev–Trinajstić information content (AvgIpc) is 2.84. The van der Waals surface area contributed by atoms with E-state index in [-0.39, 0.29) is 11.7 Å². The van der Waals surface area contributed by atoms with Crippen molar-refractivity contribution in [2.45, 2.75) is 44.0 Å². The lowest BCUT2D eigenvalue weighted by atomic mass is 10.0. The smallest absolute Gasteiger partial charge is 0.393 e. The van der Waals surface area contributed by atoms with E-state index in [1.54, 1.807) is 36.6 Å². The van der Waals surface area contributed by atoms with Crippen LogP contribution in [0.4, 0.5) is 35.2 Å². The van der Waals surface area contributed by atoms with Crippen LogP contribution < -0.4 is 15.1 Å². The normalized spacial score (nSPS) is 18.1. The van der Waals surface area contributed by atoms with E-state index in [0.29, 0.717) is 57.5 Å². The zero-order valence-electron chi connectivity index (χ0n) is 19.0. The summed E-state index contributed by atoms with van der Waals surface area (Å²) in [6.45, 7) is 2.32. The number of halogens is 3. The summed E-state index contributed by atoms with van der Waals surface area (Å²) in [5, 5.41) is 12.4. The predicted octanol–water partition coefficient (Wildman–Crippen LogP) is 3.59. The monoisotopic (exact) mass is 478 g/mol. The minimum absolute atomic E-state index is 0.0400. The summed E-state index contributed by atoms with van der Waals surface area (Å²) in [4.78, 5) is 26.8. The number of rotatable bonds is 4. The first-order valence-corrected chi connectivity index (χ1v) is 11.4. The number of aliphatic hydroxyl groups excluding tert-OH is 1. The largest absolute Gasteiger partial charge is 0.416 e. The molecule has 11 heteroatoms. The van der Waals surface area contributed by atoms with Gasteiger partial charge in [0, 0.05) is 63.0 Å². The summed E-state index contributed by atoms with van der Waals surface area (Å²) in [5.74, 6) is 0.787. The molecule has 2 aliphatic rings. The Hall–Kier alpha value is -3.08. The molecule has 8 nitrogen and oxygen atoms in total. The lowest BCUT2D eigenvalue weighted by Crippen LogP contribution is -2.47. The molecule has 0 spiro atoms. The van der Waals surface area contributed by atoms with E-state index in [1.165, 1.54) is 0 Å². The SMILES string of the molecule is CN(C(=O)Nc1cc(N2CCC(O)CC2)cc(C(F)(F)F)c1)C1CCN(c2cnccn2)CC1. The first-order chi connectivity index (χ1) is 16.2. The highest BCUT2D eigenvalue weighted by Crippen LogP contribution is 2.35. The van der Waals surface area contributed by atoms with Crippen LogP contribution in [0.3, 0.4) is 0 Å². The second kappa shape index (κ2) is 10.0. The number of carbonyl (C=O) groups is 1. The van der Waals surface area contributed by atoms with Crippen LogP contribution in [0.1, 0.15) is 31.2 Å². The van der Waals surface area contributed by atoms with Crippen LogP contribution in [-0.2, 0) is 6.18 Å². The average molecular weight is 479 g/mol. The number of nitrogens with one attached hydrogen (secondary N) is 1. The molecule has 0 unspecified atom stereocenters. The van der Waals surface area contributed by atoms with Gasteiger partial charge in [0.1, 0.15) is 5.82 Å². The molecule has 0 bridgehead atoms. The lowest BCUT2D eigenvalue weighted by molar-refractivity contribution is -0.137. The molecule has 2 amide bonds. The van der Waals surface area contributed by atoms with Gasteiger partial charge in [-0.1, -0.05) is 0 Å². The summed E-state index contributed by atoms with van der Waals surface area (Å²) >= 11 is 0. The summed E-state index contributed by atoms with van der Waals surface area (Å²) in [5.41, 5.74) is -0.326. The molecule has 0 atom stereocenters. The molecule has 0 radical (unpaired) electrons. The van der Waals surface area contributed by atoms with Crippen LogP contribution in [0.25, 0.3) is 0 Å². The Labute approximate surface area is 196 Å². The summed E-state index contributed by atoms with van der Waals surface area (Å²) in [7, 11) is 1.67. The number of anilines is 3. The zero-order chi connectivity index (χ0) is 24.3. The van der Waals surface area contributed by atoms with Crippen molar-refractivity contribution in [1.82, 2.24) is 14.9 Å². The Bertz CT molecular complexity index is 974. The van der Waals surface area contributed by atoms with Crippen LogP contribution in [0.5, 0.6) is 0 Å². The third-order valence-electron chi connectivity index (χ3n) is 6.53. The van der Waals surface area contributed by atoms with Crippen molar-refractivity contribution in [2.24, 2.45) is 0 Å². The number of amides is 2. The maximum atomic E-state index is 13.5. The molecule has 0 saturated carbocycles. The Morgan fingerprint density at radius 1 is 1.06 bits per heavy atom. The first kappa shape index (κ1) is 24.1. The van der Waals surface area contributed by atoms with E-state index in [9.17, 15) is 23.1 Å². The first-order valence-electron chi connectivity index (χ1n) is 11.4. The van der Waals surface area contributed by atoms with Gasteiger partial charge in [-0.15, -0.1) is 0 Å². The molecule has 1 aromatic carbocycles.